The SMILES string of the molecule is CCOC(=O)C(C)C(CCc1ccc(CC(C)C)cc1C(=O)O)C[N+](=O)[O-]. The predicted molar refractivity (Wildman–Crippen MR) is 101 cm³/mol. The molecular formula is C20H29NO6. The molecule has 1 aromatic carbocycles. The molecule has 0 bridgehead atoms. The van der Waals surface area contributed by atoms with Crippen molar-refractivity contribution in [2.45, 2.75) is 47.0 Å². The first kappa shape index (κ1) is 22.6. The van der Waals surface area contributed by atoms with E-state index in [4.69, 9.17) is 4.74 Å². The van der Waals surface area contributed by atoms with E-state index in [1.54, 1.807) is 26.0 Å². The molecule has 0 aliphatic heterocycles. The summed E-state index contributed by atoms with van der Waals surface area (Å²) in [6.07, 6.45) is 1.47. The Balaban J connectivity index is 2.97. The van der Waals surface area contributed by atoms with Gasteiger partial charge in [-0.15, -0.1) is 0 Å². The maximum atomic E-state index is 12.0. The second kappa shape index (κ2) is 10.6. The molecule has 0 amide bonds. The van der Waals surface area contributed by atoms with Crippen LogP contribution in [0.2, 0.25) is 0 Å². The molecule has 0 radical (unpaired) electrons. The molecule has 1 N–H and O–H groups in total. The topological polar surface area (TPSA) is 107 Å². The maximum absolute atomic E-state index is 12.0. The Morgan fingerprint density at radius 2 is 1.93 bits per heavy atom. The number of hydrogen-bond donors (Lipinski definition) is 1. The van der Waals surface area contributed by atoms with Gasteiger partial charge in [0.2, 0.25) is 6.54 Å². The van der Waals surface area contributed by atoms with Gasteiger partial charge >= 0.3 is 11.9 Å². The standard InChI is InChI=1S/C20H29NO6/c1-5-27-20(24)14(4)17(12-21(25)26)9-8-16-7-6-15(10-13(2)3)11-18(16)19(22)23/h6-7,11,13-14,17H,5,8-10,12H2,1-4H3,(H,22,23). The van der Waals surface area contributed by atoms with Crippen molar-refractivity contribution >= 4 is 11.9 Å². The van der Waals surface area contributed by atoms with Gasteiger partial charge in [0.15, 0.2) is 0 Å². The molecule has 0 saturated heterocycles. The Morgan fingerprint density at radius 1 is 1.26 bits per heavy atom. The highest BCUT2D eigenvalue weighted by molar-refractivity contribution is 5.89. The van der Waals surface area contributed by atoms with Crippen molar-refractivity contribution < 1.29 is 24.4 Å². The minimum atomic E-state index is -1.01. The van der Waals surface area contributed by atoms with E-state index in [1.807, 2.05) is 6.07 Å². The summed E-state index contributed by atoms with van der Waals surface area (Å²) < 4.78 is 4.98. The number of ether oxygens (including phenoxy) is 1. The lowest BCUT2D eigenvalue weighted by Crippen LogP contribution is -2.29. The van der Waals surface area contributed by atoms with E-state index in [1.165, 1.54) is 0 Å². The van der Waals surface area contributed by atoms with E-state index in [-0.39, 0.29) is 18.7 Å². The van der Waals surface area contributed by atoms with Gasteiger partial charge in [-0.25, -0.2) is 4.79 Å². The van der Waals surface area contributed by atoms with Gasteiger partial charge < -0.3 is 9.84 Å². The molecule has 2 atom stereocenters. The molecule has 0 spiro atoms. The fourth-order valence-electron chi connectivity index (χ4n) is 3.14. The number of nitro groups is 1. The first-order chi connectivity index (χ1) is 12.6. The first-order valence-corrected chi connectivity index (χ1v) is 9.29. The van der Waals surface area contributed by atoms with Crippen LogP contribution in [0.5, 0.6) is 0 Å². The van der Waals surface area contributed by atoms with Gasteiger partial charge in [0, 0.05) is 10.8 Å². The fraction of sp³-hybridized carbons (Fsp3) is 0.600. The van der Waals surface area contributed by atoms with Crippen LogP contribution in [0.15, 0.2) is 18.2 Å². The number of hydrogen-bond acceptors (Lipinski definition) is 5. The number of aromatic carboxylic acids is 1. The highest BCUT2D eigenvalue weighted by Gasteiger charge is 2.29. The number of carbonyl (C=O) groups is 2. The van der Waals surface area contributed by atoms with Crippen LogP contribution in [0.4, 0.5) is 0 Å². The largest absolute Gasteiger partial charge is 0.478 e. The number of nitrogens with zero attached hydrogens (tertiary/aromatic N) is 1. The number of carbonyl (C=O) groups excluding carboxylic acids is 1. The normalized spacial score (nSPS) is 13.2. The Hall–Kier alpha value is -2.44. The van der Waals surface area contributed by atoms with Crippen molar-refractivity contribution in [1.82, 2.24) is 0 Å². The third-order valence-electron chi connectivity index (χ3n) is 4.58. The second-order valence-electron chi connectivity index (χ2n) is 7.25. The van der Waals surface area contributed by atoms with Crippen LogP contribution in [0, 0.1) is 27.9 Å². The average molecular weight is 379 g/mol. The lowest BCUT2D eigenvalue weighted by Gasteiger charge is -2.19. The Kier molecular flexibility index (Phi) is 8.91. The third-order valence-corrected chi connectivity index (χ3v) is 4.58. The summed E-state index contributed by atoms with van der Waals surface area (Å²) in [5.74, 6) is -2.21. The summed E-state index contributed by atoms with van der Waals surface area (Å²) in [6, 6.07) is 5.35. The monoisotopic (exact) mass is 379 g/mol. The molecule has 7 heteroatoms. The smallest absolute Gasteiger partial charge is 0.335 e. The molecule has 2 unspecified atom stereocenters. The zero-order chi connectivity index (χ0) is 20.6. The van der Waals surface area contributed by atoms with Crippen LogP contribution < -0.4 is 0 Å². The molecule has 0 aliphatic carbocycles. The molecule has 150 valence electrons. The van der Waals surface area contributed by atoms with Gasteiger partial charge in [0.25, 0.3) is 0 Å². The lowest BCUT2D eigenvalue weighted by molar-refractivity contribution is -0.489. The maximum Gasteiger partial charge on any atom is 0.335 e. The van der Waals surface area contributed by atoms with Crippen LogP contribution in [0.25, 0.3) is 0 Å². The highest BCUT2D eigenvalue weighted by atomic mass is 16.6. The molecule has 0 aliphatic rings. The van der Waals surface area contributed by atoms with Crippen LogP contribution in [0.1, 0.15) is 55.6 Å². The summed E-state index contributed by atoms with van der Waals surface area (Å²) >= 11 is 0. The molecule has 7 nitrogen and oxygen atoms in total. The van der Waals surface area contributed by atoms with Crippen LogP contribution in [-0.4, -0.2) is 35.1 Å². The van der Waals surface area contributed by atoms with Crippen molar-refractivity contribution in [1.29, 1.82) is 0 Å². The van der Waals surface area contributed by atoms with Crippen molar-refractivity contribution in [3.63, 3.8) is 0 Å². The van der Waals surface area contributed by atoms with Gasteiger partial charge in [0.1, 0.15) is 0 Å². The van der Waals surface area contributed by atoms with E-state index in [9.17, 15) is 24.8 Å². The molecule has 0 saturated carbocycles. The number of esters is 1. The minimum Gasteiger partial charge on any atom is -0.478 e. The average Bonchev–Trinajstić information content (AvgIpc) is 2.57. The second-order valence-corrected chi connectivity index (χ2v) is 7.25. The summed E-state index contributed by atoms with van der Waals surface area (Å²) in [5, 5.41) is 20.5. The highest BCUT2D eigenvalue weighted by Crippen LogP contribution is 2.23. The van der Waals surface area contributed by atoms with Gasteiger partial charge in [-0.3, -0.25) is 14.9 Å². The first-order valence-electron chi connectivity index (χ1n) is 9.29. The minimum absolute atomic E-state index is 0.217. The molecule has 0 heterocycles. The number of benzene rings is 1. The molecule has 27 heavy (non-hydrogen) atoms. The van der Waals surface area contributed by atoms with Crippen LogP contribution >= 0.6 is 0 Å². The summed E-state index contributed by atoms with van der Waals surface area (Å²) in [4.78, 5) is 34.1. The molecular weight excluding hydrogens is 350 g/mol. The zero-order valence-corrected chi connectivity index (χ0v) is 16.4. The van der Waals surface area contributed by atoms with E-state index in [0.717, 1.165) is 12.0 Å². The van der Waals surface area contributed by atoms with E-state index >= 15 is 0 Å². The van der Waals surface area contributed by atoms with Crippen molar-refractivity contribution in [3.05, 3.63) is 45.0 Å². The van der Waals surface area contributed by atoms with Crippen molar-refractivity contribution in [2.75, 3.05) is 13.2 Å². The van der Waals surface area contributed by atoms with E-state index < -0.39 is 28.7 Å². The zero-order valence-electron chi connectivity index (χ0n) is 16.4. The van der Waals surface area contributed by atoms with Gasteiger partial charge in [-0.1, -0.05) is 32.9 Å². The quantitative estimate of drug-likeness (QED) is 0.357. The van der Waals surface area contributed by atoms with E-state index in [2.05, 4.69) is 13.8 Å². The van der Waals surface area contributed by atoms with Crippen molar-refractivity contribution in [2.24, 2.45) is 17.8 Å². The number of carboxylic acid groups (broad SMARTS) is 1. The fourth-order valence-corrected chi connectivity index (χ4v) is 3.14. The summed E-state index contributed by atoms with van der Waals surface area (Å²) in [5.41, 5.74) is 1.80. The Labute approximate surface area is 159 Å². The molecule has 1 rings (SSSR count). The number of carboxylic acids is 1. The molecule has 0 fully saturated rings. The Bertz CT molecular complexity index is 670. The Morgan fingerprint density at radius 3 is 2.44 bits per heavy atom. The van der Waals surface area contributed by atoms with Gasteiger partial charge in [-0.05, 0) is 49.3 Å². The lowest BCUT2D eigenvalue weighted by atomic mass is 9.87. The number of rotatable bonds is 11. The molecule has 1 aromatic rings. The third kappa shape index (κ3) is 7.37. The van der Waals surface area contributed by atoms with Crippen molar-refractivity contribution in [3.8, 4) is 0 Å². The van der Waals surface area contributed by atoms with Crippen LogP contribution in [-0.2, 0) is 22.4 Å². The summed E-state index contributed by atoms with van der Waals surface area (Å²) in [6.45, 7) is 7.30. The van der Waals surface area contributed by atoms with Gasteiger partial charge in [-0.2, -0.15) is 0 Å². The van der Waals surface area contributed by atoms with Gasteiger partial charge in [0.05, 0.1) is 18.1 Å². The van der Waals surface area contributed by atoms with Crippen LogP contribution in [0.3, 0.4) is 0 Å². The summed E-state index contributed by atoms with van der Waals surface area (Å²) in [7, 11) is 0. The number of aryl methyl sites for hydroxylation is 1. The van der Waals surface area contributed by atoms with E-state index in [0.29, 0.717) is 24.3 Å². The predicted octanol–water partition coefficient (Wildman–Crippen LogP) is 3.61. The molecule has 0 aromatic heterocycles.